The highest BCUT2D eigenvalue weighted by Gasteiger charge is 2.56. The molecule has 2 aliphatic rings. The molecule has 2 amide bonds. The van der Waals surface area contributed by atoms with Gasteiger partial charge in [-0.1, -0.05) is 6.07 Å². The highest BCUT2D eigenvalue weighted by Crippen LogP contribution is 2.44. The van der Waals surface area contributed by atoms with Crippen LogP contribution in [-0.2, 0) is 21.5 Å². The first-order chi connectivity index (χ1) is 13.9. The minimum atomic E-state index is -2.72. The van der Waals surface area contributed by atoms with Gasteiger partial charge in [-0.3, -0.25) is 24.5 Å². The third kappa shape index (κ3) is 3.34. The van der Waals surface area contributed by atoms with E-state index in [1.807, 2.05) is 0 Å². The molecule has 1 atom stereocenters. The lowest BCUT2D eigenvalue weighted by atomic mass is 9.71. The van der Waals surface area contributed by atoms with Gasteiger partial charge in [0.15, 0.2) is 5.54 Å². The van der Waals surface area contributed by atoms with Crippen LogP contribution in [0.4, 0.5) is 18.9 Å². The molecule has 2 aliphatic carbocycles. The van der Waals surface area contributed by atoms with Crippen LogP contribution in [0.15, 0.2) is 36.8 Å². The third-order valence-corrected chi connectivity index (χ3v) is 5.64. The number of rotatable bonds is 5. The standard InChI is InChI=1S/C20H19F3N4O2/c21-14-8-16(11-24-10-14)27(12-28)20(9-13-2-1-7-25-17(13)20)18(29)26-15-3-5-19(22,23)6-4-15/h1-2,7-8,10-12,15H,3-6,9H2,(H,26,29). The molecule has 6 nitrogen and oxygen atoms in total. The summed E-state index contributed by atoms with van der Waals surface area (Å²) in [6.45, 7) is 0. The second-order valence-electron chi connectivity index (χ2n) is 7.49. The molecule has 152 valence electrons. The number of fused-ring (bicyclic) bond motifs is 1. The van der Waals surface area contributed by atoms with Crippen LogP contribution in [0.1, 0.15) is 36.9 Å². The molecule has 0 spiro atoms. The fraction of sp³-hybridized carbons (Fsp3) is 0.400. The molecule has 9 heteroatoms. The van der Waals surface area contributed by atoms with Gasteiger partial charge in [0.05, 0.1) is 23.8 Å². The van der Waals surface area contributed by atoms with Gasteiger partial charge in [0.25, 0.3) is 5.91 Å². The van der Waals surface area contributed by atoms with Crippen molar-refractivity contribution in [2.45, 2.75) is 49.6 Å². The lowest BCUT2D eigenvalue weighted by Crippen LogP contribution is -2.64. The Kier molecular flexibility index (Phi) is 4.76. The molecule has 29 heavy (non-hydrogen) atoms. The number of aromatic nitrogens is 2. The van der Waals surface area contributed by atoms with E-state index in [0.717, 1.165) is 22.7 Å². The molecule has 0 radical (unpaired) electrons. The van der Waals surface area contributed by atoms with Crippen molar-refractivity contribution in [2.24, 2.45) is 0 Å². The van der Waals surface area contributed by atoms with Crippen molar-refractivity contribution in [2.75, 3.05) is 4.90 Å². The van der Waals surface area contributed by atoms with Gasteiger partial charge in [0.1, 0.15) is 5.82 Å². The number of hydrogen-bond donors (Lipinski definition) is 1. The van der Waals surface area contributed by atoms with E-state index in [-0.39, 0.29) is 37.8 Å². The van der Waals surface area contributed by atoms with Crippen molar-refractivity contribution < 1.29 is 22.8 Å². The van der Waals surface area contributed by atoms with Gasteiger partial charge in [-0.15, -0.1) is 0 Å². The first-order valence-electron chi connectivity index (χ1n) is 9.34. The van der Waals surface area contributed by atoms with Crippen molar-refractivity contribution in [1.82, 2.24) is 15.3 Å². The molecule has 2 aromatic rings. The van der Waals surface area contributed by atoms with Crippen LogP contribution in [0.3, 0.4) is 0 Å². The van der Waals surface area contributed by atoms with E-state index >= 15 is 0 Å². The Balaban J connectivity index is 1.67. The van der Waals surface area contributed by atoms with Crippen LogP contribution in [0.2, 0.25) is 0 Å². The quantitative estimate of drug-likeness (QED) is 0.778. The van der Waals surface area contributed by atoms with Gasteiger partial charge >= 0.3 is 0 Å². The summed E-state index contributed by atoms with van der Waals surface area (Å²) in [4.78, 5) is 34.5. The van der Waals surface area contributed by atoms with Crippen molar-refractivity contribution in [3.8, 4) is 0 Å². The van der Waals surface area contributed by atoms with Gasteiger partial charge in [-0.2, -0.15) is 0 Å². The smallest absolute Gasteiger partial charge is 0.253 e. The second kappa shape index (κ2) is 7.13. The summed E-state index contributed by atoms with van der Waals surface area (Å²) in [5.41, 5.74) is -0.195. The molecule has 1 saturated carbocycles. The summed E-state index contributed by atoms with van der Waals surface area (Å²) < 4.78 is 40.6. The van der Waals surface area contributed by atoms with Crippen LogP contribution in [-0.4, -0.2) is 34.2 Å². The molecule has 0 aromatic carbocycles. The molecular formula is C20H19F3N4O2. The Hall–Kier alpha value is -2.97. The normalized spacial score (nSPS) is 22.9. The second-order valence-corrected chi connectivity index (χ2v) is 7.49. The van der Waals surface area contributed by atoms with Crippen molar-refractivity contribution in [1.29, 1.82) is 0 Å². The zero-order valence-electron chi connectivity index (χ0n) is 15.4. The monoisotopic (exact) mass is 404 g/mol. The van der Waals surface area contributed by atoms with Crippen LogP contribution >= 0.6 is 0 Å². The topological polar surface area (TPSA) is 75.2 Å². The average Bonchev–Trinajstić information content (AvgIpc) is 2.67. The van der Waals surface area contributed by atoms with Crippen molar-refractivity contribution in [3.63, 3.8) is 0 Å². The first kappa shape index (κ1) is 19.4. The first-order valence-corrected chi connectivity index (χ1v) is 9.34. The number of halogens is 3. The molecule has 2 aromatic heterocycles. The summed E-state index contributed by atoms with van der Waals surface area (Å²) >= 11 is 0. The number of pyridine rings is 2. The maximum absolute atomic E-state index is 13.7. The molecule has 1 fully saturated rings. The maximum Gasteiger partial charge on any atom is 0.253 e. The molecule has 4 rings (SSSR count). The van der Waals surface area contributed by atoms with Crippen LogP contribution in [0.5, 0.6) is 0 Å². The van der Waals surface area contributed by atoms with E-state index in [4.69, 9.17) is 0 Å². The van der Waals surface area contributed by atoms with Gasteiger partial charge < -0.3 is 5.32 Å². The van der Waals surface area contributed by atoms with Crippen LogP contribution in [0, 0.1) is 5.82 Å². The molecule has 0 aliphatic heterocycles. The molecule has 0 bridgehead atoms. The lowest BCUT2D eigenvalue weighted by Gasteiger charge is -2.47. The number of hydrogen-bond acceptors (Lipinski definition) is 4. The summed E-state index contributed by atoms with van der Waals surface area (Å²) in [6, 6.07) is 4.20. The highest BCUT2D eigenvalue weighted by molar-refractivity contribution is 5.99. The molecule has 0 saturated heterocycles. The van der Waals surface area contributed by atoms with Crippen LogP contribution in [0.25, 0.3) is 0 Å². The van der Waals surface area contributed by atoms with E-state index < -0.39 is 29.2 Å². The molecule has 2 heterocycles. The van der Waals surface area contributed by atoms with Crippen molar-refractivity contribution in [3.05, 3.63) is 53.9 Å². The predicted octanol–water partition coefficient (Wildman–Crippen LogP) is 2.72. The van der Waals surface area contributed by atoms with E-state index in [9.17, 15) is 22.8 Å². The molecular weight excluding hydrogens is 385 g/mol. The van der Waals surface area contributed by atoms with E-state index in [0.29, 0.717) is 12.1 Å². The fourth-order valence-corrected chi connectivity index (χ4v) is 4.10. The van der Waals surface area contributed by atoms with E-state index in [1.165, 1.54) is 12.4 Å². The maximum atomic E-state index is 13.7. The van der Waals surface area contributed by atoms with Gasteiger partial charge in [-0.05, 0) is 24.5 Å². The number of carbonyl (C=O) groups excluding carboxylic acids is 2. The Morgan fingerprint density at radius 2 is 2.03 bits per heavy atom. The highest BCUT2D eigenvalue weighted by atomic mass is 19.3. The summed E-state index contributed by atoms with van der Waals surface area (Å²) in [5.74, 6) is -3.89. The number of carbonyl (C=O) groups is 2. The third-order valence-electron chi connectivity index (χ3n) is 5.64. The van der Waals surface area contributed by atoms with E-state index in [2.05, 4.69) is 15.3 Å². The number of nitrogens with zero attached hydrogens (tertiary/aromatic N) is 3. The zero-order valence-corrected chi connectivity index (χ0v) is 15.4. The Bertz CT molecular complexity index is 945. The van der Waals surface area contributed by atoms with E-state index in [1.54, 1.807) is 12.1 Å². The lowest BCUT2D eigenvalue weighted by molar-refractivity contribution is -0.131. The van der Waals surface area contributed by atoms with Crippen molar-refractivity contribution >= 4 is 18.0 Å². The molecule has 1 N–H and O–H groups in total. The fourth-order valence-electron chi connectivity index (χ4n) is 4.10. The minimum Gasteiger partial charge on any atom is -0.351 e. The minimum absolute atomic E-state index is 0.113. The summed E-state index contributed by atoms with van der Waals surface area (Å²) in [5, 5.41) is 2.81. The van der Waals surface area contributed by atoms with Gasteiger partial charge in [-0.25, -0.2) is 13.2 Å². The number of alkyl halides is 2. The average molecular weight is 404 g/mol. The number of nitrogens with one attached hydrogen (secondary N) is 1. The van der Waals surface area contributed by atoms with Crippen LogP contribution < -0.4 is 10.2 Å². The zero-order chi connectivity index (χ0) is 20.6. The SMILES string of the molecule is O=CN(c1cncc(F)c1)C1(C(=O)NC2CCC(F)(F)CC2)Cc2cccnc21. The molecule has 1 unspecified atom stereocenters. The van der Waals surface area contributed by atoms with Gasteiger partial charge in [0.2, 0.25) is 12.3 Å². The summed E-state index contributed by atoms with van der Waals surface area (Å²) in [7, 11) is 0. The Morgan fingerprint density at radius 3 is 2.69 bits per heavy atom. The summed E-state index contributed by atoms with van der Waals surface area (Å²) in [6.07, 6.45) is 4.11. The largest absolute Gasteiger partial charge is 0.351 e. The van der Waals surface area contributed by atoms with Gasteiger partial charge in [0, 0.05) is 37.6 Å². The predicted molar refractivity (Wildman–Crippen MR) is 97.7 cm³/mol. The Morgan fingerprint density at radius 1 is 1.28 bits per heavy atom. The number of anilines is 1. The number of amides is 2. The Labute approximate surface area is 165 Å².